The van der Waals surface area contributed by atoms with E-state index in [0.29, 0.717) is 13.1 Å². The number of benzene rings is 1. The molecule has 0 radical (unpaired) electrons. The highest BCUT2D eigenvalue weighted by Gasteiger charge is 2.48. The lowest BCUT2D eigenvalue weighted by Gasteiger charge is -2.53. The standard InChI is InChI=1S/C24H39N3O3S/c1-19(2)17-31(29,30)27-18-24(11-10-23(27,4)5)12-14-26(15-13-24)16-22(28)25-21-8-6-20(3)7-9-21/h6-9,19H,10-18H2,1-5H3,(H,25,28). The van der Waals surface area contributed by atoms with Gasteiger partial charge >= 0.3 is 0 Å². The molecule has 1 aromatic carbocycles. The quantitative estimate of drug-likeness (QED) is 0.716. The van der Waals surface area contributed by atoms with Crippen molar-refractivity contribution < 1.29 is 13.2 Å². The maximum atomic E-state index is 13.1. The molecule has 7 heteroatoms. The summed E-state index contributed by atoms with van der Waals surface area (Å²) >= 11 is 0. The molecule has 1 spiro atoms. The van der Waals surface area contributed by atoms with Crippen LogP contribution in [-0.4, -0.2) is 61.0 Å². The first-order valence-electron chi connectivity index (χ1n) is 11.5. The molecule has 2 fully saturated rings. The van der Waals surface area contributed by atoms with Crippen LogP contribution in [-0.2, 0) is 14.8 Å². The molecule has 2 saturated heterocycles. The van der Waals surface area contributed by atoms with E-state index in [9.17, 15) is 13.2 Å². The van der Waals surface area contributed by atoms with E-state index >= 15 is 0 Å². The van der Waals surface area contributed by atoms with Gasteiger partial charge < -0.3 is 5.32 Å². The Morgan fingerprint density at radius 3 is 2.26 bits per heavy atom. The minimum atomic E-state index is -3.28. The lowest BCUT2D eigenvalue weighted by molar-refractivity contribution is -0.118. The lowest BCUT2D eigenvalue weighted by atomic mass is 9.69. The number of rotatable bonds is 6. The van der Waals surface area contributed by atoms with Crippen molar-refractivity contribution in [2.75, 3.05) is 37.2 Å². The van der Waals surface area contributed by atoms with Crippen LogP contribution < -0.4 is 5.32 Å². The summed E-state index contributed by atoms with van der Waals surface area (Å²) in [7, 11) is -3.28. The molecule has 1 aromatic rings. The Hall–Kier alpha value is -1.44. The smallest absolute Gasteiger partial charge is 0.238 e. The largest absolute Gasteiger partial charge is 0.325 e. The third-order valence-electron chi connectivity index (χ3n) is 6.92. The molecule has 0 atom stereocenters. The molecule has 2 heterocycles. The summed E-state index contributed by atoms with van der Waals surface area (Å²) in [6.07, 6.45) is 3.82. The highest BCUT2D eigenvalue weighted by molar-refractivity contribution is 7.89. The van der Waals surface area contributed by atoms with Gasteiger partial charge in [0, 0.05) is 17.8 Å². The van der Waals surface area contributed by atoms with Gasteiger partial charge in [-0.1, -0.05) is 31.5 Å². The first kappa shape index (κ1) is 24.2. The van der Waals surface area contributed by atoms with Gasteiger partial charge in [-0.15, -0.1) is 0 Å². The van der Waals surface area contributed by atoms with E-state index in [1.807, 2.05) is 45.0 Å². The number of likely N-dealkylation sites (tertiary alicyclic amines) is 1. The number of hydrogen-bond acceptors (Lipinski definition) is 4. The van der Waals surface area contributed by atoms with Gasteiger partial charge in [-0.05, 0) is 83.0 Å². The van der Waals surface area contributed by atoms with Crippen LogP contribution >= 0.6 is 0 Å². The number of nitrogens with one attached hydrogen (secondary N) is 1. The molecule has 1 amide bonds. The topological polar surface area (TPSA) is 69.7 Å². The molecule has 0 unspecified atom stereocenters. The summed E-state index contributed by atoms with van der Waals surface area (Å²) in [6.45, 7) is 12.7. The summed E-state index contributed by atoms with van der Waals surface area (Å²) in [4.78, 5) is 14.7. The third-order valence-corrected chi connectivity index (χ3v) is 9.30. The predicted octanol–water partition coefficient (Wildman–Crippen LogP) is 3.88. The Morgan fingerprint density at radius 2 is 1.68 bits per heavy atom. The van der Waals surface area contributed by atoms with Crippen molar-refractivity contribution in [1.29, 1.82) is 0 Å². The van der Waals surface area contributed by atoms with Crippen molar-refractivity contribution >= 4 is 21.6 Å². The molecule has 31 heavy (non-hydrogen) atoms. The highest BCUT2D eigenvalue weighted by Crippen LogP contribution is 2.46. The van der Waals surface area contributed by atoms with Gasteiger partial charge in [0.2, 0.25) is 15.9 Å². The zero-order chi connectivity index (χ0) is 22.9. The molecule has 6 nitrogen and oxygen atoms in total. The van der Waals surface area contributed by atoms with Crippen LogP contribution in [0.4, 0.5) is 5.69 Å². The van der Waals surface area contributed by atoms with E-state index < -0.39 is 10.0 Å². The normalized spacial score (nSPS) is 22.0. The Labute approximate surface area is 188 Å². The second-order valence-electron chi connectivity index (χ2n) is 10.7. The fourth-order valence-corrected chi connectivity index (χ4v) is 7.25. The summed E-state index contributed by atoms with van der Waals surface area (Å²) in [5.41, 5.74) is 1.69. The van der Waals surface area contributed by atoms with Gasteiger partial charge in [0.05, 0.1) is 12.3 Å². The molecule has 0 bridgehead atoms. The summed E-state index contributed by atoms with van der Waals surface area (Å²) in [6, 6.07) is 7.83. The zero-order valence-electron chi connectivity index (χ0n) is 19.8. The summed E-state index contributed by atoms with van der Waals surface area (Å²) < 4.78 is 28.0. The van der Waals surface area contributed by atoms with E-state index in [1.54, 1.807) is 4.31 Å². The van der Waals surface area contributed by atoms with E-state index in [4.69, 9.17) is 0 Å². The van der Waals surface area contributed by atoms with E-state index in [2.05, 4.69) is 24.1 Å². The molecule has 174 valence electrons. The number of piperidine rings is 2. The Balaban J connectivity index is 1.58. The molecule has 0 saturated carbocycles. The van der Waals surface area contributed by atoms with Crippen LogP contribution in [0.1, 0.15) is 58.9 Å². The maximum Gasteiger partial charge on any atom is 0.238 e. The molecule has 0 aliphatic carbocycles. The number of carbonyl (C=O) groups excluding carboxylic acids is 1. The van der Waals surface area contributed by atoms with Crippen LogP contribution in [0.25, 0.3) is 0 Å². The van der Waals surface area contributed by atoms with Gasteiger partial charge in [-0.25, -0.2) is 8.42 Å². The summed E-state index contributed by atoms with van der Waals surface area (Å²) in [5, 5.41) is 2.98. The van der Waals surface area contributed by atoms with Crippen LogP contribution in [0.2, 0.25) is 0 Å². The van der Waals surface area contributed by atoms with E-state index in [-0.39, 0.29) is 28.5 Å². The number of sulfonamides is 1. The first-order chi connectivity index (χ1) is 14.4. The van der Waals surface area contributed by atoms with Crippen molar-refractivity contribution in [2.45, 2.75) is 65.8 Å². The van der Waals surface area contributed by atoms with E-state index in [1.165, 1.54) is 5.56 Å². The monoisotopic (exact) mass is 449 g/mol. The summed E-state index contributed by atoms with van der Waals surface area (Å²) in [5.74, 6) is 0.330. The maximum absolute atomic E-state index is 13.1. The van der Waals surface area contributed by atoms with Crippen LogP contribution in [0.5, 0.6) is 0 Å². The van der Waals surface area contributed by atoms with Crippen molar-refractivity contribution in [3.63, 3.8) is 0 Å². The van der Waals surface area contributed by atoms with E-state index in [0.717, 1.165) is 44.5 Å². The minimum Gasteiger partial charge on any atom is -0.325 e. The number of carbonyl (C=O) groups is 1. The second kappa shape index (κ2) is 9.20. The first-order valence-corrected chi connectivity index (χ1v) is 13.1. The Kier molecular flexibility index (Phi) is 7.18. The average molecular weight is 450 g/mol. The zero-order valence-corrected chi connectivity index (χ0v) is 20.6. The van der Waals surface area contributed by atoms with Gasteiger partial charge in [0.25, 0.3) is 0 Å². The third kappa shape index (κ3) is 6.08. The fourth-order valence-electron chi connectivity index (χ4n) is 4.91. The molecule has 2 aliphatic heterocycles. The number of amides is 1. The van der Waals surface area contributed by atoms with Crippen LogP contribution in [0.15, 0.2) is 24.3 Å². The highest BCUT2D eigenvalue weighted by atomic mass is 32.2. The van der Waals surface area contributed by atoms with Crippen molar-refractivity contribution in [1.82, 2.24) is 9.21 Å². The van der Waals surface area contributed by atoms with Crippen molar-refractivity contribution in [2.24, 2.45) is 11.3 Å². The lowest BCUT2D eigenvalue weighted by Crippen LogP contribution is -2.59. The molecule has 3 rings (SSSR count). The predicted molar refractivity (Wildman–Crippen MR) is 127 cm³/mol. The fraction of sp³-hybridized carbons (Fsp3) is 0.708. The molecular weight excluding hydrogens is 410 g/mol. The van der Waals surface area contributed by atoms with Gasteiger partial charge in [0.1, 0.15) is 0 Å². The van der Waals surface area contributed by atoms with Crippen LogP contribution in [0, 0.1) is 18.3 Å². The molecule has 1 N–H and O–H groups in total. The van der Waals surface area contributed by atoms with Gasteiger partial charge in [-0.3, -0.25) is 9.69 Å². The minimum absolute atomic E-state index is 0.00529. The SMILES string of the molecule is Cc1ccc(NC(=O)CN2CCC3(CC2)CCC(C)(C)N(S(=O)(=O)CC(C)C)C3)cc1. The number of hydrogen-bond donors (Lipinski definition) is 1. The van der Waals surface area contributed by atoms with Crippen LogP contribution in [0.3, 0.4) is 0 Å². The Morgan fingerprint density at radius 1 is 1.06 bits per heavy atom. The number of aryl methyl sites for hydroxylation is 1. The molecule has 0 aromatic heterocycles. The second-order valence-corrected chi connectivity index (χ2v) is 12.6. The van der Waals surface area contributed by atoms with Gasteiger partial charge in [-0.2, -0.15) is 4.31 Å². The number of nitrogens with zero attached hydrogens (tertiary/aromatic N) is 2. The van der Waals surface area contributed by atoms with Gasteiger partial charge in [0.15, 0.2) is 0 Å². The van der Waals surface area contributed by atoms with Crippen molar-refractivity contribution in [3.05, 3.63) is 29.8 Å². The average Bonchev–Trinajstić information content (AvgIpc) is 2.66. The molecular formula is C24H39N3O3S. The molecule has 2 aliphatic rings. The van der Waals surface area contributed by atoms with Crippen molar-refractivity contribution in [3.8, 4) is 0 Å². The number of anilines is 1. The Bertz CT molecular complexity index is 870.